The van der Waals surface area contributed by atoms with Crippen LogP contribution in [0.4, 0.5) is 0 Å². The summed E-state index contributed by atoms with van der Waals surface area (Å²) in [5.74, 6) is -0.115. The third kappa shape index (κ3) is 8.22. The second-order valence-corrected chi connectivity index (χ2v) is 9.73. The summed E-state index contributed by atoms with van der Waals surface area (Å²) in [7, 11) is -1.86. The van der Waals surface area contributed by atoms with Gasteiger partial charge in [-0.15, -0.1) is 0 Å². The summed E-state index contributed by atoms with van der Waals surface area (Å²) in [6.07, 6.45) is 3.98. The first-order valence-corrected chi connectivity index (χ1v) is 12.8. The Balaban J connectivity index is 1.81. The summed E-state index contributed by atoms with van der Waals surface area (Å²) in [4.78, 5) is 28.5. The third-order valence-corrected chi connectivity index (χ3v) is 7.60. The van der Waals surface area contributed by atoms with Crippen LogP contribution in [0.25, 0.3) is 6.08 Å². The van der Waals surface area contributed by atoms with Crippen molar-refractivity contribution in [1.29, 1.82) is 0 Å². The lowest BCUT2D eigenvalue weighted by Gasteiger charge is -2.33. The van der Waals surface area contributed by atoms with Crippen molar-refractivity contribution >= 4 is 27.9 Å². The number of sulfonamides is 1. The number of methoxy groups -OCH3 is 1. The van der Waals surface area contributed by atoms with E-state index in [1.807, 2.05) is 18.7 Å². The molecule has 0 aromatic heterocycles. The molecule has 1 aliphatic heterocycles. The van der Waals surface area contributed by atoms with Crippen molar-refractivity contribution in [3.8, 4) is 0 Å². The molecule has 1 heterocycles. The first kappa shape index (κ1) is 27.0. The fourth-order valence-electron chi connectivity index (χ4n) is 3.57. The minimum Gasteiger partial charge on any atom is -0.385 e. The molecule has 0 atom stereocenters. The third-order valence-electron chi connectivity index (χ3n) is 5.54. The van der Waals surface area contributed by atoms with Gasteiger partial charge in [-0.25, -0.2) is 8.42 Å². The van der Waals surface area contributed by atoms with Crippen LogP contribution in [0.1, 0.15) is 25.8 Å². The van der Waals surface area contributed by atoms with Crippen LogP contribution in [0, 0.1) is 0 Å². The van der Waals surface area contributed by atoms with E-state index >= 15 is 0 Å². The maximum absolute atomic E-state index is 12.6. The van der Waals surface area contributed by atoms with E-state index in [0.29, 0.717) is 59.0 Å². The van der Waals surface area contributed by atoms with Crippen LogP contribution >= 0.6 is 0 Å². The molecule has 9 nitrogen and oxygen atoms in total. The van der Waals surface area contributed by atoms with E-state index in [1.165, 1.54) is 10.4 Å². The van der Waals surface area contributed by atoms with Gasteiger partial charge in [-0.1, -0.05) is 26.0 Å². The summed E-state index contributed by atoms with van der Waals surface area (Å²) in [5, 5.41) is 2.87. The van der Waals surface area contributed by atoms with Gasteiger partial charge < -0.3 is 15.0 Å². The highest BCUT2D eigenvalue weighted by atomic mass is 32.2. The van der Waals surface area contributed by atoms with Gasteiger partial charge in [0.1, 0.15) is 0 Å². The second kappa shape index (κ2) is 13.4. The molecule has 0 unspecified atom stereocenters. The SMILES string of the molecule is CCN(CC)S(=O)(=O)c1ccc(/C=C/C(=O)N2CCN(CC(=O)NCCCOC)CC2)cc1. The Labute approximate surface area is 197 Å². The molecular formula is C23H36N4O5S. The highest BCUT2D eigenvalue weighted by Crippen LogP contribution is 2.17. The van der Waals surface area contributed by atoms with Gasteiger partial charge in [0.05, 0.1) is 11.4 Å². The zero-order valence-corrected chi connectivity index (χ0v) is 20.6. The number of nitrogens with zero attached hydrogens (tertiary/aromatic N) is 3. The van der Waals surface area contributed by atoms with E-state index < -0.39 is 10.0 Å². The molecule has 1 fully saturated rings. The smallest absolute Gasteiger partial charge is 0.246 e. The first-order chi connectivity index (χ1) is 15.8. The topological polar surface area (TPSA) is 99.3 Å². The maximum Gasteiger partial charge on any atom is 0.246 e. The van der Waals surface area contributed by atoms with Crippen LogP contribution in [0.3, 0.4) is 0 Å². The minimum atomic E-state index is -3.49. The average molecular weight is 481 g/mol. The second-order valence-electron chi connectivity index (χ2n) is 7.79. The molecule has 184 valence electrons. The molecule has 0 radical (unpaired) electrons. The van der Waals surface area contributed by atoms with Crippen LogP contribution in [-0.4, -0.2) is 100 Å². The van der Waals surface area contributed by atoms with Crippen molar-refractivity contribution in [3.63, 3.8) is 0 Å². The van der Waals surface area contributed by atoms with Crippen LogP contribution in [0.5, 0.6) is 0 Å². The largest absolute Gasteiger partial charge is 0.385 e. The van der Waals surface area contributed by atoms with Gasteiger partial charge in [0.2, 0.25) is 21.8 Å². The summed E-state index contributed by atoms with van der Waals surface area (Å²) in [5.41, 5.74) is 0.755. The number of benzene rings is 1. The minimum absolute atomic E-state index is 0.0165. The zero-order chi connectivity index (χ0) is 24.3. The molecule has 1 N–H and O–H groups in total. The molecule has 2 rings (SSSR count). The first-order valence-electron chi connectivity index (χ1n) is 11.4. The van der Waals surface area contributed by atoms with E-state index in [2.05, 4.69) is 5.32 Å². The number of piperazine rings is 1. The molecule has 1 aromatic carbocycles. The van der Waals surface area contributed by atoms with E-state index in [4.69, 9.17) is 4.74 Å². The molecule has 1 aromatic rings. The van der Waals surface area contributed by atoms with Gasteiger partial charge in [-0.2, -0.15) is 4.31 Å². The number of carbonyl (C=O) groups is 2. The van der Waals surface area contributed by atoms with Crippen LogP contribution in [0.2, 0.25) is 0 Å². The standard InChI is InChI=1S/C23H36N4O5S/c1-4-27(5-2)33(30,31)21-10-7-20(8-11-21)9-12-23(29)26-16-14-25(15-17-26)19-22(28)24-13-6-18-32-3/h7-12H,4-6,13-19H2,1-3H3,(H,24,28)/b12-9+. The van der Waals surface area contributed by atoms with Crippen molar-refractivity contribution < 1.29 is 22.7 Å². The van der Waals surface area contributed by atoms with E-state index in [0.717, 1.165) is 12.0 Å². The number of rotatable bonds is 12. The van der Waals surface area contributed by atoms with Gasteiger partial charge >= 0.3 is 0 Å². The van der Waals surface area contributed by atoms with E-state index in [9.17, 15) is 18.0 Å². The Morgan fingerprint density at radius 2 is 1.73 bits per heavy atom. The van der Waals surface area contributed by atoms with Crippen molar-refractivity contribution in [2.75, 3.05) is 66.1 Å². The molecule has 0 bridgehead atoms. The molecule has 2 amide bonds. The Kier molecular flexibility index (Phi) is 11.0. The fraction of sp³-hybridized carbons (Fsp3) is 0.565. The summed E-state index contributed by atoms with van der Waals surface area (Å²) in [6, 6.07) is 6.53. The molecular weight excluding hydrogens is 444 g/mol. The van der Waals surface area contributed by atoms with Gasteiger partial charge in [0.15, 0.2) is 0 Å². The Morgan fingerprint density at radius 3 is 2.30 bits per heavy atom. The summed E-state index contributed by atoms with van der Waals surface area (Å²) < 4.78 is 31.5. The molecule has 1 saturated heterocycles. The van der Waals surface area contributed by atoms with Crippen molar-refractivity contribution in [3.05, 3.63) is 35.9 Å². The fourth-order valence-corrected chi connectivity index (χ4v) is 5.02. The van der Waals surface area contributed by atoms with Gasteiger partial charge in [0.25, 0.3) is 0 Å². The molecule has 0 spiro atoms. The predicted octanol–water partition coefficient (Wildman–Crippen LogP) is 1.03. The highest BCUT2D eigenvalue weighted by Gasteiger charge is 2.22. The lowest BCUT2D eigenvalue weighted by atomic mass is 10.2. The Bertz CT molecular complexity index is 890. The van der Waals surface area contributed by atoms with Crippen molar-refractivity contribution in [2.24, 2.45) is 0 Å². The van der Waals surface area contributed by atoms with Gasteiger partial charge in [0, 0.05) is 65.6 Å². The van der Waals surface area contributed by atoms with Crippen LogP contribution in [-0.2, 0) is 24.3 Å². The monoisotopic (exact) mass is 480 g/mol. The highest BCUT2D eigenvalue weighted by molar-refractivity contribution is 7.89. The molecule has 0 saturated carbocycles. The normalized spacial score (nSPS) is 15.3. The molecule has 10 heteroatoms. The molecule has 0 aliphatic carbocycles. The van der Waals surface area contributed by atoms with Crippen molar-refractivity contribution in [1.82, 2.24) is 19.4 Å². The number of ether oxygens (including phenoxy) is 1. The number of amides is 2. The lowest BCUT2D eigenvalue weighted by Crippen LogP contribution is -2.50. The van der Waals surface area contributed by atoms with Gasteiger partial charge in [-0.3, -0.25) is 14.5 Å². The van der Waals surface area contributed by atoms with Gasteiger partial charge in [-0.05, 0) is 30.2 Å². The molecule has 1 aliphatic rings. The zero-order valence-electron chi connectivity index (χ0n) is 19.8. The summed E-state index contributed by atoms with van der Waals surface area (Å²) >= 11 is 0. The number of hydrogen-bond donors (Lipinski definition) is 1. The number of carbonyl (C=O) groups excluding carboxylic acids is 2. The van der Waals surface area contributed by atoms with E-state index in [-0.39, 0.29) is 16.7 Å². The van der Waals surface area contributed by atoms with Crippen molar-refractivity contribution in [2.45, 2.75) is 25.2 Å². The van der Waals surface area contributed by atoms with Crippen LogP contribution < -0.4 is 5.32 Å². The Hall–Kier alpha value is -2.27. The predicted molar refractivity (Wildman–Crippen MR) is 128 cm³/mol. The summed E-state index contributed by atoms with van der Waals surface area (Å²) in [6.45, 7) is 8.39. The average Bonchev–Trinajstić information content (AvgIpc) is 2.81. The number of hydrogen-bond acceptors (Lipinski definition) is 6. The van der Waals surface area contributed by atoms with E-state index in [1.54, 1.807) is 42.4 Å². The van der Waals surface area contributed by atoms with Crippen LogP contribution in [0.15, 0.2) is 35.2 Å². The quantitative estimate of drug-likeness (QED) is 0.354. The lowest BCUT2D eigenvalue weighted by molar-refractivity contribution is -0.128. The number of nitrogens with one attached hydrogen (secondary N) is 1. The maximum atomic E-state index is 12.6. The Morgan fingerprint density at radius 1 is 1.09 bits per heavy atom. The molecule has 33 heavy (non-hydrogen) atoms.